The van der Waals surface area contributed by atoms with Crippen LogP contribution in [0.15, 0.2) is 41.5 Å². The predicted molar refractivity (Wildman–Crippen MR) is 71.4 cm³/mol. The third-order valence-electron chi connectivity index (χ3n) is 2.97. The molecule has 7 heteroatoms. The normalized spacial score (nSPS) is 18.9. The van der Waals surface area contributed by atoms with Gasteiger partial charge in [0, 0.05) is 5.69 Å². The van der Waals surface area contributed by atoms with E-state index < -0.39 is 15.6 Å². The third kappa shape index (κ3) is 3.47. The van der Waals surface area contributed by atoms with E-state index in [0.29, 0.717) is 12.2 Å². The van der Waals surface area contributed by atoms with Crippen molar-refractivity contribution in [3.8, 4) is 0 Å². The second kappa shape index (κ2) is 6.21. The molecule has 0 saturated carbocycles. The Bertz CT molecular complexity index is 570. The molecule has 0 bridgehead atoms. The highest BCUT2D eigenvalue weighted by atomic mass is 32.2. The van der Waals surface area contributed by atoms with E-state index >= 15 is 0 Å². The molecule has 4 nitrogen and oxygen atoms in total. The monoisotopic (exact) mass is 303 g/mol. The van der Waals surface area contributed by atoms with Crippen molar-refractivity contribution in [1.29, 1.82) is 0 Å². The van der Waals surface area contributed by atoms with Crippen molar-refractivity contribution in [2.75, 3.05) is 11.9 Å². The Morgan fingerprint density at radius 3 is 2.55 bits per heavy atom. The zero-order valence-electron chi connectivity index (χ0n) is 10.6. The first-order valence-electron chi connectivity index (χ1n) is 6.16. The maximum absolute atomic E-state index is 12.4. The van der Waals surface area contributed by atoms with Crippen LogP contribution in [0.3, 0.4) is 0 Å². The SMILES string of the molecule is O=S(=O)(c1ccc(NCC2CCC=CO2)cc1)C(F)F. The van der Waals surface area contributed by atoms with Crippen molar-refractivity contribution in [3.05, 3.63) is 36.6 Å². The van der Waals surface area contributed by atoms with Gasteiger partial charge in [-0.15, -0.1) is 0 Å². The molecular formula is C13H15F2NO3S. The van der Waals surface area contributed by atoms with Crippen molar-refractivity contribution in [2.24, 2.45) is 0 Å². The van der Waals surface area contributed by atoms with Crippen molar-refractivity contribution in [3.63, 3.8) is 0 Å². The van der Waals surface area contributed by atoms with Crippen LogP contribution in [0.4, 0.5) is 14.5 Å². The second-order valence-corrected chi connectivity index (χ2v) is 6.34. The summed E-state index contributed by atoms with van der Waals surface area (Å²) in [6.07, 6.45) is 5.53. The Hall–Kier alpha value is -1.63. The van der Waals surface area contributed by atoms with Gasteiger partial charge in [0.1, 0.15) is 6.10 Å². The highest BCUT2D eigenvalue weighted by Gasteiger charge is 2.26. The van der Waals surface area contributed by atoms with Gasteiger partial charge in [0.25, 0.3) is 0 Å². The van der Waals surface area contributed by atoms with Gasteiger partial charge in [-0.2, -0.15) is 8.78 Å². The number of benzene rings is 1. The van der Waals surface area contributed by atoms with E-state index in [2.05, 4.69) is 5.32 Å². The molecule has 0 spiro atoms. The maximum atomic E-state index is 12.4. The Morgan fingerprint density at radius 1 is 1.30 bits per heavy atom. The lowest BCUT2D eigenvalue weighted by atomic mass is 10.1. The van der Waals surface area contributed by atoms with E-state index in [1.54, 1.807) is 6.26 Å². The lowest BCUT2D eigenvalue weighted by Gasteiger charge is -2.20. The van der Waals surface area contributed by atoms with Crippen LogP contribution in [0.25, 0.3) is 0 Å². The van der Waals surface area contributed by atoms with E-state index in [-0.39, 0.29) is 11.0 Å². The number of nitrogens with one attached hydrogen (secondary N) is 1. The number of alkyl halides is 2. The fourth-order valence-corrected chi connectivity index (χ4v) is 2.55. The molecule has 0 aliphatic carbocycles. The summed E-state index contributed by atoms with van der Waals surface area (Å²) in [6.45, 7) is 0.575. The van der Waals surface area contributed by atoms with Crippen molar-refractivity contribution >= 4 is 15.5 Å². The molecule has 1 aromatic rings. The summed E-state index contributed by atoms with van der Waals surface area (Å²) in [5.74, 6) is -3.40. The molecule has 20 heavy (non-hydrogen) atoms. The average Bonchev–Trinajstić information content (AvgIpc) is 2.46. The number of anilines is 1. The minimum absolute atomic E-state index is 0.0597. The molecule has 1 N–H and O–H groups in total. The lowest BCUT2D eigenvalue weighted by molar-refractivity contribution is 0.135. The van der Waals surface area contributed by atoms with Gasteiger partial charge < -0.3 is 10.1 Å². The van der Waals surface area contributed by atoms with Crippen LogP contribution in [-0.2, 0) is 14.6 Å². The minimum atomic E-state index is -4.52. The summed E-state index contributed by atoms with van der Waals surface area (Å²) in [7, 11) is -4.52. The molecule has 1 aliphatic heterocycles. The summed E-state index contributed by atoms with van der Waals surface area (Å²) in [5.41, 5.74) is 0.663. The summed E-state index contributed by atoms with van der Waals surface area (Å²) in [4.78, 5) is -0.380. The standard InChI is InChI=1S/C13H15F2NO3S/c14-13(15)20(17,18)12-6-4-10(5-7-12)16-9-11-3-1-2-8-19-11/h2,4-8,11,13,16H,1,3,9H2. The highest BCUT2D eigenvalue weighted by molar-refractivity contribution is 7.91. The molecule has 0 fully saturated rings. The number of allylic oxidation sites excluding steroid dienone is 1. The minimum Gasteiger partial charge on any atom is -0.497 e. The van der Waals surface area contributed by atoms with Gasteiger partial charge in [-0.3, -0.25) is 0 Å². The fourth-order valence-electron chi connectivity index (χ4n) is 1.83. The molecular weight excluding hydrogens is 288 g/mol. The molecule has 110 valence electrons. The van der Waals surface area contributed by atoms with Crippen LogP contribution in [0, 0.1) is 0 Å². The zero-order valence-corrected chi connectivity index (χ0v) is 11.4. The van der Waals surface area contributed by atoms with Gasteiger partial charge >= 0.3 is 5.76 Å². The molecule has 1 heterocycles. The molecule has 1 aromatic carbocycles. The van der Waals surface area contributed by atoms with Crippen LogP contribution in [-0.4, -0.2) is 26.8 Å². The van der Waals surface area contributed by atoms with Crippen LogP contribution >= 0.6 is 0 Å². The Morgan fingerprint density at radius 2 is 2.00 bits per heavy atom. The fraction of sp³-hybridized carbons (Fsp3) is 0.385. The van der Waals surface area contributed by atoms with Gasteiger partial charge in [-0.25, -0.2) is 8.42 Å². The van der Waals surface area contributed by atoms with Gasteiger partial charge in [0.15, 0.2) is 0 Å². The highest BCUT2D eigenvalue weighted by Crippen LogP contribution is 2.20. The van der Waals surface area contributed by atoms with Gasteiger partial charge in [-0.1, -0.05) is 0 Å². The quantitative estimate of drug-likeness (QED) is 0.909. The van der Waals surface area contributed by atoms with E-state index in [9.17, 15) is 17.2 Å². The first-order chi connectivity index (χ1) is 9.50. The molecule has 1 aliphatic rings. The van der Waals surface area contributed by atoms with E-state index in [1.807, 2.05) is 6.08 Å². The number of sulfone groups is 1. The van der Waals surface area contributed by atoms with Crippen LogP contribution in [0.5, 0.6) is 0 Å². The Labute approximate surface area is 116 Å². The van der Waals surface area contributed by atoms with E-state index in [4.69, 9.17) is 4.74 Å². The second-order valence-electron chi connectivity index (χ2n) is 4.42. The van der Waals surface area contributed by atoms with Crippen molar-refractivity contribution < 1.29 is 21.9 Å². The zero-order chi connectivity index (χ0) is 14.6. The Kier molecular flexibility index (Phi) is 4.59. The number of rotatable bonds is 5. The first-order valence-corrected chi connectivity index (χ1v) is 7.71. The van der Waals surface area contributed by atoms with Gasteiger partial charge in [0.2, 0.25) is 9.84 Å². The summed E-state index contributed by atoms with van der Waals surface area (Å²) >= 11 is 0. The first kappa shape index (κ1) is 14.8. The molecule has 1 atom stereocenters. The molecule has 0 radical (unpaired) electrons. The smallest absolute Gasteiger partial charge is 0.341 e. The number of ether oxygens (including phenoxy) is 1. The predicted octanol–water partition coefficient (Wildman–Crippen LogP) is 2.79. The van der Waals surface area contributed by atoms with Crippen LogP contribution < -0.4 is 5.32 Å². The van der Waals surface area contributed by atoms with E-state index in [1.165, 1.54) is 24.3 Å². The largest absolute Gasteiger partial charge is 0.497 e. The van der Waals surface area contributed by atoms with Gasteiger partial charge in [-0.05, 0) is 43.2 Å². The molecule has 0 aromatic heterocycles. The van der Waals surface area contributed by atoms with E-state index in [0.717, 1.165) is 12.8 Å². The van der Waals surface area contributed by atoms with Crippen molar-refractivity contribution in [1.82, 2.24) is 0 Å². The summed E-state index contributed by atoms with van der Waals surface area (Å²) in [5, 5.41) is 3.08. The van der Waals surface area contributed by atoms with Crippen molar-refractivity contribution in [2.45, 2.75) is 29.6 Å². The summed E-state index contributed by atoms with van der Waals surface area (Å²) in [6, 6.07) is 5.28. The maximum Gasteiger partial charge on any atom is 0.341 e. The van der Waals surface area contributed by atoms with Gasteiger partial charge in [0.05, 0.1) is 17.7 Å². The number of halogens is 2. The van der Waals surface area contributed by atoms with Crippen LogP contribution in [0.1, 0.15) is 12.8 Å². The lowest BCUT2D eigenvalue weighted by Crippen LogP contribution is -2.23. The third-order valence-corrected chi connectivity index (χ3v) is 4.37. The topological polar surface area (TPSA) is 55.4 Å². The molecule has 2 rings (SSSR count). The Balaban J connectivity index is 1.96. The molecule has 0 saturated heterocycles. The summed E-state index contributed by atoms with van der Waals surface area (Å²) < 4.78 is 52.6. The molecule has 1 unspecified atom stereocenters. The number of hydrogen-bond donors (Lipinski definition) is 1. The number of hydrogen-bond acceptors (Lipinski definition) is 4. The van der Waals surface area contributed by atoms with Crippen LogP contribution in [0.2, 0.25) is 0 Å². The average molecular weight is 303 g/mol. The molecule has 0 amide bonds.